The zero-order chi connectivity index (χ0) is 15.4. The summed E-state index contributed by atoms with van der Waals surface area (Å²) in [6.45, 7) is 4.13. The van der Waals surface area contributed by atoms with Crippen molar-refractivity contribution in [3.63, 3.8) is 0 Å². The topological polar surface area (TPSA) is 71.7 Å². The monoisotopic (exact) mass is 326 g/mol. The zero-order valence-corrected chi connectivity index (χ0v) is 13.7. The van der Waals surface area contributed by atoms with E-state index in [2.05, 4.69) is 15.0 Å². The first-order chi connectivity index (χ1) is 10.8. The van der Waals surface area contributed by atoms with Crippen molar-refractivity contribution in [3.05, 3.63) is 11.7 Å². The van der Waals surface area contributed by atoms with E-state index in [1.54, 1.807) is 11.8 Å². The van der Waals surface area contributed by atoms with E-state index in [9.17, 15) is 4.79 Å². The molecular formula is C14H22N4O3S. The number of aromatic nitrogens is 2. The third-order valence-corrected chi connectivity index (χ3v) is 4.64. The van der Waals surface area contributed by atoms with Crippen LogP contribution in [0.3, 0.4) is 0 Å². The molecule has 1 aromatic heterocycles. The Bertz CT molecular complexity index is 504. The summed E-state index contributed by atoms with van der Waals surface area (Å²) in [6, 6.07) is -0.0611. The van der Waals surface area contributed by atoms with Crippen LogP contribution in [0.15, 0.2) is 4.52 Å². The molecule has 2 fully saturated rings. The Balaban J connectivity index is 1.60. The molecule has 0 unspecified atom stereocenters. The number of amides is 1. The highest BCUT2D eigenvalue weighted by Crippen LogP contribution is 2.22. The smallest absolute Gasteiger partial charge is 0.240 e. The molecule has 8 heteroatoms. The van der Waals surface area contributed by atoms with E-state index < -0.39 is 0 Å². The van der Waals surface area contributed by atoms with Crippen LogP contribution >= 0.6 is 11.8 Å². The number of ether oxygens (including phenoxy) is 1. The third kappa shape index (κ3) is 3.61. The Morgan fingerprint density at radius 3 is 2.95 bits per heavy atom. The lowest BCUT2D eigenvalue weighted by Gasteiger charge is -2.32. The third-order valence-electron chi connectivity index (χ3n) is 4.09. The summed E-state index contributed by atoms with van der Waals surface area (Å²) in [5.74, 6) is 2.28. The number of carbonyl (C=O) groups is 1. The van der Waals surface area contributed by atoms with Gasteiger partial charge in [0.1, 0.15) is 0 Å². The lowest BCUT2D eigenvalue weighted by molar-refractivity contribution is -0.140. The molecule has 3 heterocycles. The maximum atomic E-state index is 12.7. The van der Waals surface area contributed by atoms with Gasteiger partial charge < -0.3 is 14.2 Å². The first-order valence-corrected chi connectivity index (χ1v) is 9.08. The van der Waals surface area contributed by atoms with E-state index in [0.717, 1.165) is 31.0 Å². The summed E-state index contributed by atoms with van der Waals surface area (Å²) < 4.78 is 10.6. The molecule has 1 atom stereocenters. The van der Waals surface area contributed by atoms with E-state index in [-0.39, 0.29) is 11.9 Å². The number of rotatable bonds is 5. The molecule has 2 aliphatic heterocycles. The molecule has 0 aromatic carbocycles. The molecule has 7 nitrogen and oxygen atoms in total. The van der Waals surface area contributed by atoms with Gasteiger partial charge in [0.15, 0.2) is 5.82 Å². The molecule has 0 saturated carbocycles. The number of nitrogens with zero attached hydrogens (tertiary/aromatic N) is 4. The van der Waals surface area contributed by atoms with Crippen LogP contribution in [0.5, 0.6) is 0 Å². The Morgan fingerprint density at radius 2 is 2.18 bits per heavy atom. The Labute approximate surface area is 134 Å². The first-order valence-electron chi connectivity index (χ1n) is 7.69. The molecule has 0 radical (unpaired) electrons. The summed E-state index contributed by atoms with van der Waals surface area (Å²) in [5.41, 5.74) is 0. The number of likely N-dealkylation sites (tertiary alicyclic amines) is 1. The van der Waals surface area contributed by atoms with Crippen LogP contribution in [0.4, 0.5) is 0 Å². The Hall–Kier alpha value is -1.12. The largest absolute Gasteiger partial charge is 0.378 e. The van der Waals surface area contributed by atoms with Gasteiger partial charge in [0, 0.05) is 13.1 Å². The van der Waals surface area contributed by atoms with E-state index >= 15 is 0 Å². The van der Waals surface area contributed by atoms with Gasteiger partial charge in [0.2, 0.25) is 11.8 Å². The van der Waals surface area contributed by atoms with Crippen LogP contribution in [-0.4, -0.2) is 71.0 Å². The van der Waals surface area contributed by atoms with E-state index in [1.165, 1.54) is 0 Å². The molecule has 0 N–H and O–H groups in total. The second kappa shape index (κ2) is 7.43. The second-order valence-corrected chi connectivity index (χ2v) is 6.47. The summed E-state index contributed by atoms with van der Waals surface area (Å²) in [4.78, 5) is 21.1. The average Bonchev–Trinajstić information content (AvgIpc) is 3.18. The number of thioether (sulfide) groups is 1. The molecule has 122 valence electrons. The maximum absolute atomic E-state index is 12.7. The van der Waals surface area contributed by atoms with Gasteiger partial charge in [-0.2, -0.15) is 16.7 Å². The highest BCUT2D eigenvalue weighted by Gasteiger charge is 2.35. The van der Waals surface area contributed by atoms with Crippen molar-refractivity contribution in [2.75, 3.05) is 39.1 Å². The van der Waals surface area contributed by atoms with Crippen molar-refractivity contribution in [2.24, 2.45) is 0 Å². The van der Waals surface area contributed by atoms with E-state index in [4.69, 9.17) is 9.26 Å². The molecule has 22 heavy (non-hydrogen) atoms. The molecule has 0 aliphatic carbocycles. The predicted molar refractivity (Wildman–Crippen MR) is 82.3 cm³/mol. The summed E-state index contributed by atoms with van der Waals surface area (Å²) in [7, 11) is 0. The van der Waals surface area contributed by atoms with Crippen molar-refractivity contribution >= 4 is 17.7 Å². The fourth-order valence-corrected chi connectivity index (χ4v) is 3.38. The van der Waals surface area contributed by atoms with Crippen LogP contribution in [0.2, 0.25) is 0 Å². The Kier molecular flexibility index (Phi) is 5.32. The standard InChI is InChI=1S/C14H22N4O3S/c1-22-10-12-15-13(21-16-12)9-18-4-2-3-11(18)14(19)17-5-7-20-8-6-17/h11H,2-10H2,1H3/t11-/m0/s1. The van der Waals surface area contributed by atoms with Crippen LogP contribution in [-0.2, 0) is 21.8 Å². The lowest BCUT2D eigenvalue weighted by atomic mass is 10.2. The van der Waals surface area contributed by atoms with Crippen LogP contribution in [0.1, 0.15) is 24.6 Å². The van der Waals surface area contributed by atoms with Gasteiger partial charge in [-0.1, -0.05) is 5.16 Å². The fraction of sp³-hybridized carbons (Fsp3) is 0.786. The van der Waals surface area contributed by atoms with Crippen molar-refractivity contribution < 1.29 is 14.1 Å². The first kappa shape index (κ1) is 15.8. The van der Waals surface area contributed by atoms with Crippen LogP contribution < -0.4 is 0 Å². The van der Waals surface area contributed by atoms with Crippen LogP contribution in [0, 0.1) is 0 Å². The SMILES string of the molecule is CSCc1noc(CN2CCC[C@H]2C(=O)N2CCOCC2)n1. The minimum absolute atomic E-state index is 0.0611. The predicted octanol–water partition coefficient (Wildman–Crippen LogP) is 0.756. The second-order valence-electron chi connectivity index (χ2n) is 5.60. The van der Waals surface area contributed by atoms with E-state index in [0.29, 0.717) is 38.7 Å². The summed E-state index contributed by atoms with van der Waals surface area (Å²) >= 11 is 1.66. The van der Waals surface area contributed by atoms with Gasteiger partial charge in [-0.15, -0.1) is 0 Å². The normalized spacial score (nSPS) is 23.1. The van der Waals surface area contributed by atoms with Crippen molar-refractivity contribution in [3.8, 4) is 0 Å². The zero-order valence-electron chi connectivity index (χ0n) is 12.9. The molecule has 2 aliphatic rings. The number of morpholine rings is 1. The lowest BCUT2D eigenvalue weighted by Crippen LogP contribution is -2.49. The highest BCUT2D eigenvalue weighted by atomic mass is 32.2. The van der Waals surface area contributed by atoms with Crippen LogP contribution in [0.25, 0.3) is 0 Å². The molecule has 1 aromatic rings. The fourth-order valence-electron chi connectivity index (χ4n) is 3.01. The highest BCUT2D eigenvalue weighted by molar-refractivity contribution is 7.97. The average molecular weight is 326 g/mol. The quantitative estimate of drug-likeness (QED) is 0.791. The number of carbonyl (C=O) groups excluding carboxylic acids is 1. The van der Waals surface area contributed by atoms with Crippen molar-refractivity contribution in [2.45, 2.75) is 31.2 Å². The Morgan fingerprint density at radius 1 is 1.36 bits per heavy atom. The van der Waals surface area contributed by atoms with Crippen molar-refractivity contribution in [1.29, 1.82) is 0 Å². The molecule has 2 saturated heterocycles. The van der Waals surface area contributed by atoms with Gasteiger partial charge in [0.05, 0.1) is 31.6 Å². The van der Waals surface area contributed by atoms with Gasteiger partial charge in [-0.05, 0) is 25.6 Å². The molecule has 0 spiro atoms. The molecule has 0 bridgehead atoms. The minimum Gasteiger partial charge on any atom is -0.378 e. The molecule has 1 amide bonds. The van der Waals surface area contributed by atoms with Gasteiger partial charge in [0.25, 0.3) is 0 Å². The summed E-state index contributed by atoms with van der Waals surface area (Å²) in [6.07, 6.45) is 3.95. The van der Waals surface area contributed by atoms with Crippen molar-refractivity contribution in [1.82, 2.24) is 19.9 Å². The molecular weight excluding hydrogens is 304 g/mol. The van der Waals surface area contributed by atoms with Gasteiger partial charge in [-0.3, -0.25) is 9.69 Å². The van der Waals surface area contributed by atoms with E-state index in [1.807, 2.05) is 11.2 Å². The molecule has 3 rings (SSSR count). The number of hydrogen-bond donors (Lipinski definition) is 0. The van der Waals surface area contributed by atoms with Gasteiger partial charge >= 0.3 is 0 Å². The number of hydrogen-bond acceptors (Lipinski definition) is 7. The summed E-state index contributed by atoms with van der Waals surface area (Å²) in [5, 5.41) is 3.96. The minimum atomic E-state index is -0.0611. The maximum Gasteiger partial charge on any atom is 0.240 e. The van der Waals surface area contributed by atoms with Gasteiger partial charge in [-0.25, -0.2) is 0 Å².